The van der Waals surface area contributed by atoms with Gasteiger partial charge in [0, 0.05) is 13.1 Å². The molecule has 0 aliphatic heterocycles. The van der Waals surface area contributed by atoms with Crippen molar-refractivity contribution >= 4 is 27.5 Å². The van der Waals surface area contributed by atoms with Gasteiger partial charge in [0.15, 0.2) is 0 Å². The average molecular weight is 550 g/mol. The smallest absolute Gasteiger partial charge is 0.264 e. The number of hydrogen-bond donors (Lipinski definition) is 1. The second-order valence-electron chi connectivity index (χ2n) is 9.57. The van der Waals surface area contributed by atoms with E-state index in [0.29, 0.717) is 25.1 Å². The normalized spacial score (nSPS) is 12.0. The van der Waals surface area contributed by atoms with E-state index in [0.717, 1.165) is 22.3 Å². The van der Waals surface area contributed by atoms with Crippen LogP contribution >= 0.6 is 0 Å². The van der Waals surface area contributed by atoms with Crippen LogP contribution in [0.25, 0.3) is 0 Å². The molecule has 0 radical (unpaired) electrons. The van der Waals surface area contributed by atoms with Gasteiger partial charge < -0.3 is 10.2 Å². The molecule has 39 heavy (non-hydrogen) atoms. The third-order valence-electron chi connectivity index (χ3n) is 6.87. The Morgan fingerprint density at radius 2 is 1.46 bits per heavy atom. The van der Waals surface area contributed by atoms with Gasteiger partial charge in [-0.15, -0.1) is 0 Å². The molecule has 0 saturated heterocycles. The van der Waals surface area contributed by atoms with E-state index in [-0.39, 0.29) is 17.3 Å². The molecule has 1 unspecified atom stereocenters. The lowest BCUT2D eigenvalue weighted by atomic mass is 10.1. The SMILES string of the molecule is CCNC(=O)C(CC)N(Cc1ccccc1C)C(=O)CN(c1ccccc1CC)S(=O)(=O)c1ccc(C)cc1. The summed E-state index contributed by atoms with van der Waals surface area (Å²) in [7, 11) is -4.09. The topological polar surface area (TPSA) is 86.8 Å². The minimum absolute atomic E-state index is 0.105. The van der Waals surface area contributed by atoms with Crippen LogP contribution < -0.4 is 9.62 Å². The number of amides is 2. The number of aryl methyl sites for hydroxylation is 3. The molecule has 0 aliphatic rings. The molecule has 0 spiro atoms. The third-order valence-corrected chi connectivity index (χ3v) is 8.64. The van der Waals surface area contributed by atoms with Gasteiger partial charge >= 0.3 is 0 Å². The highest BCUT2D eigenvalue weighted by Crippen LogP contribution is 2.28. The van der Waals surface area contributed by atoms with Crippen molar-refractivity contribution < 1.29 is 18.0 Å². The van der Waals surface area contributed by atoms with Crippen LogP contribution in [0.1, 0.15) is 49.4 Å². The molecule has 0 aliphatic carbocycles. The zero-order chi connectivity index (χ0) is 28.6. The number of nitrogens with one attached hydrogen (secondary N) is 1. The molecule has 1 atom stereocenters. The number of sulfonamides is 1. The quantitative estimate of drug-likeness (QED) is 0.344. The lowest BCUT2D eigenvalue weighted by Crippen LogP contribution is -2.52. The van der Waals surface area contributed by atoms with Gasteiger partial charge in [0.2, 0.25) is 11.8 Å². The molecular formula is C31H39N3O4S. The first-order chi connectivity index (χ1) is 18.6. The van der Waals surface area contributed by atoms with Crippen LogP contribution in [-0.4, -0.2) is 44.3 Å². The number of nitrogens with zero attached hydrogens (tertiary/aromatic N) is 2. The molecular weight excluding hydrogens is 510 g/mol. The first kappa shape index (κ1) is 29.9. The van der Waals surface area contributed by atoms with Crippen LogP contribution in [0.2, 0.25) is 0 Å². The fraction of sp³-hybridized carbons (Fsp3) is 0.355. The van der Waals surface area contributed by atoms with E-state index in [1.807, 2.05) is 71.0 Å². The molecule has 1 N–H and O–H groups in total. The Morgan fingerprint density at radius 3 is 2.05 bits per heavy atom. The van der Waals surface area contributed by atoms with Crippen molar-refractivity contribution in [3.63, 3.8) is 0 Å². The Kier molecular flexibility index (Phi) is 10.3. The summed E-state index contributed by atoms with van der Waals surface area (Å²) in [5.41, 5.74) is 4.08. The summed E-state index contributed by atoms with van der Waals surface area (Å²) in [4.78, 5) is 28.8. The minimum Gasteiger partial charge on any atom is -0.355 e. The Morgan fingerprint density at radius 1 is 0.846 bits per heavy atom. The van der Waals surface area contributed by atoms with Crippen LogP contribution in [0.5, 0.6) is 0 Å². The molecule has 3 rings (SSSR count). The number of hydrogen-bond acceptors (Lipinski definition) is 4. The predicted octanol–water partition coefficient (Wildman–Crippen LogP) is 5.00. The lowest BCUT2D eigenvalue weighted by Gasteiger charge is -2.34. The van der Waals surface area contributed by atoms with Gasteiger partial charge in [-0.3, -0.25) is 13.9 Å². The summed E-state index contributed by atoms with van der Waals surface area (Å²) in [6, 6.07) is 20.8. The fourth-order valence-corrected chi connectivity index (χ4v) is 6.04. The summed E-state index contributed by atoms with van der Waals surface area (Å²) in [5, 5.41) is 2.83. The van der Waals surface area contributed by atoms with Crippen LogP contribution in [0.4, 0.5) is 5.69 Å². The van der Waals surface area contributed by atoms with Crippen LogP contribution in [-0.2, 0) is 32.6 Å². The minimum atomic E-state index is -4.09. The Bertz CT molecular complexity index is 1390. The van der Waals surface area contributed by atoms with E-state index in [9.17, 15) is 18.0 Å². The van der Waals surface area contributed by atoms with Gasteiger partial charge in [0.1, 0.15) is 12.6 Å². The molecule has 2 amide bonds. The molecule has 0 heterocycles. The van der Waals surface area contributed by atoms with Crippen LogP contribution in [0.15, 0.2) is 77.7 Å². The Labute approximate surface area is 232 Å². The standard InChI is InChI=1S/C31H39N3O4S/c1-6-25-14-11-12-16-29(25)34(39(37,38)27-19-17-23(4)18-20-27)22-30(35)33(28(7-2)31(36)32-8-3)21-26-15-10-9-13-24(26)5/h9-20,28H,6-8,21-22H2,1-5H3,(H,32,36). The highest BCUT2D eigenvalue weighted by molar-refractivity contribution is 7.92. The second-order valence-corrected chi connectivity index (χ2v) is 11.4. The molecule has 0 bridgehead atoms. The van der Waals surface area contributed by atoms with E-state index in [1.54, 1.807) is 36.4 Å². The third kappa shape index (κ3) is 7.06. The van der Waals surface area contributed by atoms with Gasteiger partial charge in [-0.05, 0) is 68.5 Å². The first-order valence-corrected chi connectivity index (χ1v) is 14.9. The molecule has 3 aromatic carbocycles. The molecule has 3 aromatic rings. The number of carbonyl (C=O) groups excluding carboxylic acids is 2. The van der Waals surface area contributed by atoms with Crippen molar-refractivity contribution in [2.75, 3.05) is 17.4 Å². The largest absolute Gasteiger partial charge is 0.355 e. The van der Waals surface area contributed by atoms with E-state index in [4.69, 9.17) is 0 Å². The van der Waals surface area contributed by atoms with Crippen LogP contribution in [0.3, 0.4) is 0 Å². The summed E-state index contributed by atoms with van der Waals surface area (Å²) in [5.74, 6) is -0.707. The maximum atomic E-state index is 14.1. The highest BCUT2D eigenvalue weighted by atomic mass is 32.2. The van der Waals surface area contributed by atoms with Crippen molar-refractivity contribution in [1.29, 1.82) is 0 Å². The zero-order valence-corrected chi connectivity index (χ0v) is 24.3. The van der Waals surface area contributed by atoms with E-state index in [2.05, 4.69) is 5.32 Å². The summed E-state index contributed by atoms with van der Waals surface area (Å²) < 4.78 is 29.3. The van der Waals surface area contributed by atoms with Crippen molar-refractivity contribution in [3.05, 3.63) is 95.1 Å². The Hall–Kier alpha value is -3.65. The van der Waals surface area contributed by atoms with E-state index in [1.165, 1.54) is 9.21 Å². The second kappa shape index (κ2) is 13.4. The molecule has 0 saturated carbocycles. The van der Waals surface area contributed by atoms with E-state index >= 15 is 0 Å². The lowest BCUT2D eigenvalue weighted by molar-refractivity contribution is -0.140. The molecule has 8 heteroatoms. The number of carbonyl (C=O) groups is 2. The summed E-state index contributed by atoms with van der Waals surface area (Å²) in [6.07, 6.45) is 0.980. The van der Waals surface area contributed by atoms with Gasteiger partial charge in [0.05, 0.1) is 10.6 Å². The summed E-state index contributed by atoms with van der Waals surface area (Å²) in [6.45, 7) is 9.66. The average Bonchev–Trinajstić information content (AvgIpc) is 2.92. The van der Waals surface area contributed by atoms with Crippen molar-refractivity contribution in [2.24, 2.45) is 0 Å². The maximum absolute atomic E-state index is 14.1. The van der Waals surface area contributed by atoms with Crippen LogP contribution in [0, 0.1) is 13.8 Å². The number of likely N-dealkylation sites (N-methyl/N-ethyl adjacent to an activating group) is 1. The van der Waals surface area contributed by atoms with Gasteiger partial charge in [0.25, 0.3) is 10.0 Å². The summed E-state index contributed by atoms with van der Waals surface area (Å²) >= 11 is 0. The first-order valence-electron chi connectivity index (χ1n) is 13.4. The van der Waals surface area contributed by atoms with Crippen molar-refractivity contribution in [2.45, 2.75) is 64.9 Å². The fourth-order valence-electron chi connectivity index (χ4n) is 4.59. The van der Waals surface area contributed by atoms with Crippen molar-refractivity contribution in [1.82, 2.24) is 10.2 Å². The predicted molar refractivity (Wildman–Crippen MR) is 156 cm³/mol. The highest BCUT2D eigenvalue weighted by Gasteiger charge is 2.34. The number of rotatable bonds is 12. The maximum Gasteiger partial charge on any atom is 0.264 e. The Balaban J connectivity index is 2.11. The molecule has 0 fully saturated rings. The molecule has 0 aromatic heterocycles. The number of benzene rings is 3. The zero-order valence-electron chi connectivity index (χ0n) is 23.5. The monoisotopic (exact) mass is 549 g/mol. The van der Waals surface area contributed by atoms with E-state index < -0.39 is 28.5 Å². The van der Waals surface area contributed by atoms with Gasteiger partial charge in [-0.1, -0.05) is 74.0 Å². The van der Waals surface area contributed by atoms with Gasteiger partial charge in [-0.2, -0.15) is 0 Å². The van der Waals surface area contributed by atoms with Crippen molar-refractivity contribution in [3.8, 4) is 0 Å². The molecule has 7 nitrogen and oxygen atoms in total. The van der Waals surface area contributed by atoms with Gasteiger partial charge in [-0.25, -0.2) is 8.42 Å². The number of para-hydroxylation sites is 1. The number of anilines is 1. The molecule has 208 valence electrons.